The average Bonchev–Trinajstić information content (AvgIpc) is 3.10. The van der Waals surface area contributed by atoms with Crippen LogP contribution in [0.1, 0.15) is 31.2 Å². The van der Waals surface area contributed by atoms with Crippen molar-refractivity contribution < 1.29 is 9.53 Å². The summed E-state index contributed by atoms with van der Waals surface area (Å²) in [4.78, 5) is 19.4. The van der Waals surface area contributed by atoms with Crippen LogP contribution in [0.2, 0.25) is 0 Å². The van der Waals surface area contributed by atoms with Gasteiger partial charge in [-0.3, -0.25) is 9.69 Å². The summed E-state index contributed by atoms with van der Waals surface area (Å²) in [5.41, 5.74) is 4.56. The van der Waals surface area contributed by atoms with Gasteiger partial charge in [0.05, 0.1) is 19.8 Å². The quantitative estimate of drug-likeness (QED) is 0.712. The number of rotatable bonds is 7. The van der Waals surface area contributed by atoms with Gasteiger partial charge in [-0.1, -0.05) is 25.0 Å². The molecule has 0 atom stereocenters. The maximum atomic E-state index is 12.5. The van der Waals surface area contributed by atoms with Gasteiger partial charge in [0.2, 0.25) is 5.91 Å². The maximum Gasteiger partial charge on any atom is 0.238 e. The van der Waals surface area contributed by atoms with Gasteiger partial charge in [-0.15, -0.1) is 0 Å². The van der Waals surface area contributed by atoms with Crippen LogP contribution < -0.4 is 15.1 Å². The monoisotopic (exact) mass is 436 g/mol. The number of likely N-dealkylation sites (N-methyl/N-ethyl adjacent to an activating group) is 1. The molecule has 32 heavy (non-hydrogen) atoms. The number of carbonyl (C=O) groups excluding carboxylic acids is 1. The van der Waals surface area contributed by atoms with E-state index in [4.69, 9.17) is 4.74 Å². The molecule has 1 N–H and O–H groups in total. The Morgan fingerprint density at radius 1 is 0.844 bits per heavy atom. The van der Waals surface area contributed by atoms with Gasteiger partial charge in [-0.05, 0) is 61.9 Å². The highest BCUT2D eigenvalue weighted by atomic mass is 16.5. The number of hydrogen-bond acceptors (Lipinski definition) is 5. The minimum atomic E-state index is 0.0139. The second kappa shape index (κ2) is 11.3. The molecule has 2 aromatic rings. The summed E-state index contributed by atoms with van der Waals surface area (Å²) in [5, 5.41) is 3.04. The van der Waals surface area contributed by atoms with Gasteiger partial charge in [0.15, 0.2) is 0 Å². The van der Waals surface area contributed by atoms with Crippen molar-refractivity contribution in [3.8, 4) is 0 Å². The highest BCUT2D eigenvalue weighted by Crippen LogP contribution is 2.22. The number of morpholine rings is 1. The topological polar surface area (TPSA) is 48.1 Å². The summed E-state index contributed by atoms with van der Waals surface area (Å²) in [6.45, 7) is 6.83. The molecule has 0 saturated carbocycles. The Kier molecular flexibility index (Phi) is 8.02. The van der Waals surface area contributed by atoms with E-state index in [2.05, 4.69) is 51.5 Å². The lowest BCUT2D eigenvalue weighted by atomic mass is 10.1. The molecule has 2 aromatic carbocycles. The Morgan fingerprint density at radius 2 is 1.41 bits per heavy atom. The number of carbonyl (C=O) groups is 1. The van der Waals surface area contributed by atoms with Crippen LogP contribution in [0.25, 0.3) is 0 Å². The Morgan fingerprint density at radius 3 is 2.03 bits per heavy atom. The van der Waals surface area contributed by atoms with Gasteiger partial charge >= 0.3 is 0 Å². The summed E-state index contributed by atoms with van der Waals surface area (Å²) in [5.74, 6) is 0.0139. The van der Waals surface area contributed by atoms with Crippen LogP contribution in [-0.4, -0.2) is 63.8 Å². The number of benzene rings is 2. The van der Waals surface area contributed by atoms with E-state index >= 15 is 0 Å². The van der Waals surface area contributed by atoms with Crippen LogP contribution in [0.3, 0.4) is 0 Å². The lowest BCUT2D eigenvalue weighted by Gasteiger charge is -2.29. The van der Waals surface area contributed by atoms with E-state index in [1.54, 1.807) is 0 Å². The first-order chi connectivity index (χ1) is 15.7. The van der Waals surface area contributed by atoms with Crippen molar-refractivity contribution in [2.45, 2.75) is 32.2 Å². The molecule has 2 fully saturated rings. The van der Waals surface area contributed by atoms with Crippen molar-refractivity contribution in [1.29, 1.82) is 0 Å². The number of nitrogens with one attached hydrogen (secondary N) is 1. The maximum absolute atomic E-state index is 12.5. The van der Waals surface area contributed by atoms with Crippen molar-refractivity contribution in [3.05, 3.63) is 54.1 Å². The lowest BCUT2D eigenvalue weighted by molar-refractivity contribution is -0.117. The minimum absolute atomic E-state index is 0.0139. The van der Waals surface area contributed by atoms with Crippen LogP contribution in [0.5, 0.6) is 0 Å². The van der Waals surface area contributed by atoms with Crippen molar-refractivity contribution >= 4 is 23.0 Å². The van der Waals surface area contributed by atoms with E-state index in [-0.39, 0.29) is 5.91 Å². The molecule has 0 aromatic heterocycles. The third kappa shape index (κ3) is 6.47. The summed E-state index contributed by atoms with van der Waals surface area (Å²) in [7, 11) is 1.98. The first-order valence-corrected chi connectivity index (χ1v) is 11.9. The van der Waals surface area contributed by atoms with Crippen molar-refractivity contribution in [2.75, 3.05) is 68.1 Å². The molecule has 1 amide bonds. The molecule has 2 aliphatic heterocycles. The van der Waals surface area contributed by atoms with Crippen molar-refractivity contribution in [2.24, 2.45) is 0 Å². The van der Waals surface area contributed by atoms with Crippen LogP contribution in [0.4, 0.5) is 17.1 Å². The van der Waals surface area contributed by atoms with Crippen LogP contribution in [-0.2, 0) is 16.1 Å². The average molecular weight is 437 g/mol. The van der Waals surface area contributed by atoms with Gasteiger partial charge < -0.3 is 19.9 Å². The fraction of sp³-hybridized carbons (Fsp3) is 0.500. The van der Waals surface area contributed by atoms with Gasteiger partial charge in [-0.25, -0.2) is 0 Å². The zero-order valence-electron chi connectivity index (χ0n) is 19.3. The number of anilines is 3. The van der Waals surface area contributed by atoms with Gasteiger partial charge in [-0.2, -0.15) is 0 Å². The Bertz CT molecular complexity index is 839. The third-order valence-corrected chi connectivity index (χ3v) is 6.30. The van der Waals surface area contributed by atoms with E-state index in [1.165, 1.54) is 42.6 Å². The Labute approximate surface area is 192 Å². The molecule has 0 spiro atoms. The van der Waals surface area contributed by atoms with E-state index in [0.29, 0.717) is 6.54 Å². The normalized spacial score (nSPS) is 17.3. The number of nitrogens with zero attached hydrogens (tertiary/aromatic N) is 3. The van der Waals surface area contributed by atoms with E-state index in [1.807, 2.05) is 24.1 Å². The first kappa shape index (κ1) is 22.6. The third-order valence-electron chi connectivity index (χ3n) is 6.30. The number of ether oxygens (including phenoxy) is 1. The van der Waals surface area contributed by atoms with E-state index in [9.17, 15) is 4.79 Å². The van der Waals surface area contributed by atoms with E-state index in [0.717, 1.165) is 51.6 Å². The standard InChI is InChI=1S/C26H36N4O2/c1-28(20-22-6-10-24(11-7-22)30-16-18-32-19-17-30)21-26(31)27-23-8-12-25(13-9-23)29-14-4-2-3-5-15-29/h6-13H,2-5,14-21H2,1H3,(H,27,31). The molecule has 0 unspecified atom stereocenters. The zero-order valence-corrected chi connectivity index (χ0v) is 19.3. The summed E-state index contributed by atoms with van der Waals surface area (Å²) in [6.07, 6.45) is 5.19. The molecule has 2 aliphatic rings. The molecular weight excluding hydrogens is 400 g/mol. The summed E-state index contributed by atoms with van der Waals surface area (Å²) in [6, 6.07) is 16.9. The Hall–Kier alpha value is -2.57. The molecule has 2 saturated heterocycles. The molecular formula is C26H36N4O2. The molecule has 0 bridgehead atoms. The molecule has 172 valence electrons. The number of hydrogen-bond donors (Lipinski definition) is 1. The van der Waals surface area contributed by atoms with Gasteiger partial charge in [0, 0.05) is 49.8 Å². The molecule has 4 rings (SSSR count). The molecule has 0 radical (unpaired) electrons. The Balaban J connectivity index is 1.23. The fourth-order valence-corrected chi connectivity index (χ4v) is 4.53. The zero-order chi connectivity index (χ0) is 22.2. The van der Waals surface area contributed by atoms with Gasteiger partial charge in [0.1, 0.15) is 0 Å². The SMILES string of the molecule is CN(CC(=O)Nc1ccc(N2CCCCCC2)cc1)Cc1ccc(N2CCOCC2)cc1. The van der Waals surface area contributed by atoms with Crippen molar-refractivity contribution in [1.82, 2.24) is 4.90 Å². The highest BCUT2D eigenvalue weighted by molar-refractivity contribution is 5.92. The van der Waals surface area contributed by atoms with Crippen LogP contribution in [0, 0.1) is 0 Å². The van der Waals surface area contributed by atoms with E-state index < -0.39 is 0 Å². The second-order valence-corrected chi connectivity index (χ2v) is 8.93. The predicted molar refractivity (Wildman–Crippen MR) is 132 cm³/mol. The molecule has 0 aliphatic carbocycles. The largest absolute Gasteiger partial charge is 0.378 e. The summed E-state index contributed by atoms with van der Waals surface area (Å²) < 4.78 is 5.43. The predicted octanol–water partition coefficient (Wildman–Crippen LogP) is 3.97. The van der Waals surface area contributed by atoms with Gasteiger partial charge in [0.25, 0.3) is 0 Å². The second-order valence-electron chi connectivity index (χ2n) is 8.93. The summed E-state index contributed by atoms with van der Waals surface area (Å²) >= 11 is 0. The smallest absolute Gasteiger partial charge is 0.238 e. The van der Waals surface area contributed by atoms with Crippen molar-refractivity contribution in [3.63, 3.8) is 0 Å². The van der Waals surface area contributed by atoms with Crippen LogP contribution in [0.15, 0.2) is 48.5 Å². The fourth-order valence-electron chi connectivity index (χ4n) is 4.53. The lowest BCUT2D eigenvalue weighted by Crippen LogP contribution is -2.36. The molecule has 2 heterocycles. The first-order valence-electron chi connectivity index (χ1n) is 11.9. The molecule has 6 nitrogen and oxygen atoms in total. The minimum Gasteiger partial charge on any atom is -0.378 e. The highest BCUT2D eigenvalue weighted by Gasteiger charge is 2.13. The molecule has 6 heteroatoms. The number of amides is 1. The van der Waals surface area contributed by atoms with Crippen LogP contribution >= 0.6 is 0 Å².